The first-order valence-corrected chi connectivity index (χ1v) is 10.2. The molecular weight excluding hydrogens is 336 g/mol. The first kappa shape index (κ1) is 18.6. The smallest absolute Gasteiger partial charge is 0.0703 e. The molecule has 0 aliphatic carbocycles. The quantitative estimate of drug-likeness (QED) is 0.830. The lowest BCUT2D eigenvalue weighted by molar-refractivity contribution is 0.174. The van der Waals surface area contributed by atoms with Crippen LogP contribution in [0.25, 0.3) is 0 Å². The van der Waals surface area contributed by atoms with Gasteiger partial charge in [0.05, 0.1) is 29.3 Å². The number of hydrogen-bond acceptors (Lipinski definition) is 5. The summed E-state index contributed by atoms with van der Waals surface area (Å²) in [4.78, 5) is 4.90. The van der Waals surface area contributed by atoms with Crippen molar-refractivity contribution < 1.29 is 0 Å². The minimum Gasteiger partial charge on any atom is -0.302 e. The second kappa shape index (κ2) is 6.99. The predicted molar refractivity (Wildman–Crippen MR) is 107 cm³/mol. The van der Waals surface area contributed by atoms with Crippen LogP contribution in [0.5, 0.6) is 0 Å². The lowest BCUT2D eigenvalue weighted by atomic mass is 9.86. The van der Waals surface area contributed by atoms with E-state index in [0.717, 1.165) is 51.4 Å². The average molecular weight is 369 g/mol. The molecule has 6 nitrogen and oxygen atoms in total. The molecule has 27 heavy (non-hydrogen) atoms. The molecule has 0 saturated carbocycles. The van der Waals surface area contributed by atoms with Crippen LogP contribution in [-0.4, -0.2) is 56.5 Å². The van der Waals surface area contributed by atoms with E-state index in [-0.39, 0.29) is 5.41 Å². The monoisotopic (exact) mass is 368 g/mol. The summed E-state index contributed by atoms with van der Waals surface area (Å²) in [6.45, 7) is 15.0. The van der Waals surface area contributed by atoms with Gasteiger partial charge in [0.2, 0.25) is 0 Å². The molecular formula is C21H32N6. The maximum absolute atomic E-state index is 4.76. The van der Waals surface area contributed by atoms with Crippen LogP contribution >= 0.6 is 0 Å². The summed E-state index contributed by atoms with van der Waals surface area (Å²) in [5.74, 6) is 0.483. The summed E-state index contributed by atoms with van der Waals surface area (Å²) < 4.78 is 2.19. The maximum Gasteiger partial charge on any atom is 0.0703 e. The van der Waals surface area contributed by atoms with E-state index in [1.54, 1.807) is 0 Å². The Morgan fingerprint density at radius 3 is 2.67 bits per heavy atom. The van der Waals surface area contributed by atoms with E-state index >= 15 is 0 Å². The van der Waals surface area contributed by atoms with Crippen LogP contribution in [0.1, 0.15) is 62.0 Å². The minimum atomic E-state index is -0.0267. The highest BCUT2D eigenvalue weighted by Gasteiger charge is 2.30. The van der Waals surface area contributed by atoms with Gasteiger partial charge in [-0.3, -0.25) is 9.58 Å². The summed E-state index contributed by atoms with van der Waals surface area (Å²) in [5, 5.41) is 13.9. The molecule has 2 aliphatic rings. The molecule has 2 aromatic heterocycles. The van der Waals surface area contributed by atoms with Crippen LogP contribution in [0.4, 0.5) is 0 Å². The molecule has 0 amide bonds. The third kappa shape index (κ3) is 3.78. The molecule has 0 fully saturated rings. The third-order valence-corrected chi connectivity index (χ3v) is 5.93. The molecule has 0 spiro atoms. The Balaban J connectivity index is 1.49. The van der Waals surface area contributed by atoms with Gasteiger partial charge in [-0.05, 0) is 30.7 Å². The number of rotatable bonds is 4. The zero-order valence-electron chi connectivity index (χ0n) is 17.4. The van der Waals surface area contributed by atoms with Crippen molar-refractivity contribution in [1.29, 1.82) is 0 Å². The van der Waals surface area contributed by atoms with Crippen molar-refractivity contribution in [1.82, 2.24) is 29.8 Å². The Kier molecular flexibility index (Phi) is 4.80. The van der Waals surface area contributed by atoms with E-state index < -0.39 is 0 Å². The fourth-order valence-electron chi connectivity index (χ4n) is 4.20. The molecule has 2 aliphatic heterocycles. The number of fused-ring (bicyclic) bond motifs is 2. The molecule has 0 radical (unpaired) electrons. The van der Waals surface area contributed by atoms with Gasteiger partial charge in [-0.15, -0.1) is 0 Å². The van der Waals surface area contributed by atoms with Crippen LogP contribution in [-0.2, 0) is 31.5 Å². The maximum atomic E-state index is 4.76. The average Bonchev–Trinajstić information content (AvgIpc) is 3.04. The summed E-state index contributed by atoms with van der Waals surface area (Å²) in [6, 6.07) is 4.57. The lowest BCUT2D eigenvalue weighted by Gasteiger charge is -2.35. The third-order valence-electron chi connectivity index (χ3n) is 5.93. The molecule has 0 aromatic carbocycles. The Bertz CT molecular complexity index is 822. The highest BCUT2D eigenvalue weighted by Crippen LogP contribution is 2.27. The minimum absolute atomic E-state index is 0.0267. The van der Waals surface area contributed by atoms with Crippen LogP contribution in [0.2, 0.25) is 0 Å². The zero-order chi connectivity index (χ0) is 19.2. The Morgan fingerprint density at radius 2 is 1.89 bits per heavy atom. The van der Waals surface area contributed by atoms with Crippen molar-refractivity contribution in [3.05, 3.63) is 40.5 Å². The largest absolute Gasteiger partial charge is 0.302 e. The van der Waals surface area contributed by atoms with Crippen LogP contribution in [0.15, 0.2) is 12.1 Å². The second-order valence-electron chi connectivity index (χ2n) is 9.22. The van der Waals surface area contributed by atoms with Gasteiger partial charge in [-0.2, -0.15) is 15.3 Å². The van der Waals surface area contributed by atoms with Gasteiger partial charge in [-0.25, -0.2) is 0 Å². The Labute approximate surface area is 162 Å². The van der Waals surface area contributed by atoms with E-state index in [1.807, 2.05) is 0 Å². The van der Waals surface area contributed by atoms with Crippen molar-refractivity contribution in [2.45, 2.75) is 65.1 Å². The van der Waals surface area contributed by atoms with Gasteiger partial charge in [0.25, 0.3) is 0 Å². The number of hydrogen-bond donors (Lipinski definition) is 0. The molecule has 0 saturated heterocycles. The first-order valence-electron chi connectivity index (χ1n) is 10.2. The molecule has 0 bridgehead atoms. The summed E-state index contributed by atoms with van der Waals surface area (Å²) in [5.41, 5.74) is 6.14. The highest BCUT2D eigenvalue weighted by molar-refractivity contribution is 5.27. The van der Waals surface area contributed by atoms with Gasteiger partial charge in [0.15, 0.2) is 0 Å². The van der Waals surface area contributed by atoms with Crippen LogP contribution < -0.4 is 0 Å². The molecule has 146 valence electrons. The van der Waals surface area contributed by atoms with Gasteiger partial charge in [0, 0.05) is 44.6 Å². The molecule has 0 atom stereocenters. The summed E-state index contributed by atoms with van der Waals surface area (Å²) in [7, 11) is 2.18. The van der Waals surface area contributed by atoms with Gasteiger partial charge >= 0.3 is 0 Å². The second-order valence-corrected chi connectivity index (χ2v) is 9.22. The van der Waals surface area contributed by atoms with Crippen molar-refractivity contribution in [2.75, 3.05) is 26.7 Å². The van der Waals surface area contributed by atoms with Crippen LogP contribution in [0, 0.1) is 0 Å². The Morgan fingerprint density at radius 1 is 1.07 bits per heavy atom. The van der Waals surface area contributed by atoms with Gasteiger partial charge in [0.1, 0.15) is 0 Å². The summed E-state index contributed by atoms with van der Waals surface area (Å²) >= 11 is 0. The van der Waals surface area contributed by atoms with Crippen LogP contribution in [0.3, 0.4) is 0 Å². The highest BCUT2D eigenvalue weighted by atomic mass is 15.3. The zero-order valence-corrected chi connectivity index (χ0v) is 17.4. The molecule has 4 heterocycles. The fourth-order valence-corrected chi connectivity index (χ4v) is 4.20. The van der Waals surface area contributed by atoms with Gasteiger partial charge in [-0.1, -0.05) is 27.7 Å². The standard InChI is InChI=1S/C21H32N6/c1-15(2)19-11-17-13-26(8-9-27(17)24-19)14-21(3,4)20-10-16-12-25(5)7-6-18(16)22-23-20/h10-11,15H,6-9,12-14H2,1-5H3. The van der Waals surface area contributed by atoms with Gasteiger partial charge < -0.3 is 4.90 Å². The van der Waals surface area contributed by atoms with E-state index in [4.69, 9.17) is 5.10 Å². The van der Waals surface area contributed by atoms with Crippen molar-refractivity contribution in [3.63, 3.8) is 0 Å². The predicted octanol–water partition coefficient (Wildman–Crippen LogP) is 2.58. The van der Waals surface area contributed by atoms with Crippen molar-refractivity contribution in [2.24, 2.45) is 0 Å². The number of aromatic nitrogens is 4. The topological polar surface area (TPSA) is 50.1 Å². The molecule has 4 rings (SSSR count). The number of nitrogens with zero attached hydrogens (tertiary/aromatic N) is 6. The van der Waals surface area contributed by atoms with E-state index in [0.29, 0.717) is 5.92 Å². The van der Waals surface area contributed by atoms with E-state index in [1.165, 1.54) is 22.6 Å². The molecule has 0 unspecified atom stereocenters. The summed E-state index contributed by atoms with van der Waals surface area (Å²) in [6.07, 6.45) is 1.01. The molecule has 0 N–H and O–H groups in total. The number of likely N-dealkylation sites (N-methyl/N-ethyl adjacent to an activating group) is 1. The van der Waals surface area contributed by atoms with Crippen molar-refractivity contribution in [3.8, 4) is 0 Å². The lowest BCUT2D eigenvalue weighted by Crippen LogP contribution is -2.42. The Hall–Kier alpha value is -1.79. The first-order chi connectivity index (χ1) is 12.8. The van der Waals surface area contributed by atoms with E-state index in [9.17, 15) is 0 Å². The van der Waals surface area contributed by atoms with Crippen molar-refractivity contribution >= 4 is 0 Å². The fraction of sp³-hybridized carbons (Fsp3) is 0.667. The molecule has 2 aromatic rings. The SMILES string of the molecule is CC(C)c1cc2n(n1)CCN(CC(C)(C)c1cc3c(nn1)CCN(C)C3)C2. The normalized spacial score (nSPS) is 18.6. The molecule has 6 heteroatoms. The van der Waals surface area contributed by atoms with E-state index in [2.05, 4.69) is 71.6 Å².